The molecule has 0 aliphatic heterocycles. The Bertz CT molecular complexity index is 1850. The van der Waals surface area contributed by atoms with E-state index in [4.69, 9.17) is 4.74 Å². The Balaban J connectivity index is 1.59. The molecule has 2 aromatic carbocycles. The lowest BCUT2D eigenvalue weighted by Crippen LogP contribution is -2.21. The van der Waals surface area contributed by atoms with Gasteiger partial charge in [-0.15, -0.1) is 0 Å². The molecule has 1 N–H and O–H groups in total. The number of halogens is 3. The van der Waals surface area contributed by atoms with Gasteiger partial charge < -0.3 is 4.74 Å². The van der Waals surface area contributed by atoms with Gasteiger partial charge in [0, 0.05) is 46.0 Å². The molecule has 4 aromatic heterocycles. The number of H-pyrrole nitrogens is 1. The van der Waals surface area contributed by atoms with Crippen LogP contribution in [0.2, 0.25) is 0 Å². The van der Waals surface area contributed by atoms with Crippen molar-refractivity contribution < 1.29 is 17.9 Å². The highest BCUT2D eigenvalue weighted by molar-refractivity contribution is 5.96. The molecule has 6 rings (SSSR count). The van der Waals surface area contributed by atoms with E-state index in [1.165, 1.54) is 17.0 Å². The number of hydrogen-bond acceptors (Lipinski definition) is 7. The van der Waals surface area contributed by atoms with Crippen LogP contribution >= 0.6 is 0 Å². The average Bonchev–Trinajstić information content (AvgIpc) is 3.45. The molecule has 0 aliphatic carbocycles. The van der Waals surface area contributed by atoms with Crippen LogP contribution in [0.3, 0.4) is 0 Å². The number of nitrogens with one attached hydrogen (secondary N) is 1. The van der Waals surface area contributed by atoms with Gasteiger partial charge >= 0.3 is 12.2 Å². The first-order valence-corrected chi connectivity index (χ1v) is 11.3. The Kier molecular flexibility index (Phi) is 5.56. The van der Waals surface area contributed by atoms with Gasteiger partial charge in [0.1, 0.15) is 6.33 Å². The van der Waals surface area contributed by atoms with E-state index in [1.54, 1.807) is 54.9 Å². The lowest BCUT2D eigenvalue weighted by molar-refractivity contribution is -0.154. The molecule has 6 aromatic rings. The summed E-state index contributed by atoms with van der Waals surface area (Å²) >= 11 is 0. The number of alkyl halides is 3. The maximum Gasteiger partial charge on any atom is 0.422 e. The van der Waals surface area contributed by atoms with Crippen LogP contribution in [-0.2, 0) is 0 Å². The molecule has 0 fully saturated rings. The van der Waals surface area contributed by atoms with Crippen molar-refractivity contribution in [3.8, 4) is 34.3 Å². The number of benzene rings is 2. The molecule has 188 valence electrons. The van der Waals surface area contributed by atoms with E-state index in [2.05, 4.69) is 30.1 Å². The maximum absolute atomic E-state index is 13.1. The topological polar surface area (TPSA) is 111 Å². The Labute approximate surface area is 211 Å². The van der Waals surface area contributed by atoms with Crippen molar-refractivity contribution in [3.63, 3.8) is 0 Å². The molecule has 9 nitrogen and oxygen atoms in total. The number of rotatable bonds is 5. The van der Waals surface area contributed by atoms with Gasteiger partial charge in [0.15, 0.2) is 12.4 Å². The highest BCUT2D eigenvalue weighted by Gasteiger charge is 2.29. The first-order chi connectivity index (χ1) is 18.4. The molecule has 0 saturated heterocycles. The van der Waals surface area contributed by atoms with Crippen molar-refractivity contribution in [2.24, 2.45) is 0 Å². The molecule has 0 spiro atoms. The lowest BCUT2D eigenvalue weighted by atomic mass is 10.0. The summed E-state index contributed by atoms with van der Waals surface area (Å²) < 4.78 is 45.0. The fraction of sp³-hybridized carbons (Fsp3) is 0.0769. The van der Waals surface area contributed by atoms with Crippen molar-refractivity contribution in [2.45, 2.75) is 6.18 Å². The minimum absolute atomic E-state index is 0.128. The molecule has 0 aliphatic rings. The summed E-state index contributed by atoms with van der Waals surface area (Å²) in [6.45, 7) is -1.58. The van der Waals surface area contributed by atoms with Gasteiger partial charge in [0.2, 0.25) is 0 Å². The Morgan fingerprint density at radius 1 is 0.921 bits per heavy atom. The molecule has 0 unspecified atom stereocenters. The molecule has 0 saturated carbocycles. The van der Waals surface area contributed by atoms with Gasteiger partial charge in [-0.25, -0.2) is 4.98 Å². The van der Waals surface area contributed by atoms with Crippen molar-refractivity contribution in [1.29, 1.82) is 0 Å². The Morgan fingerprint density at radius 2 is 1.76 bits per heavy atom. The number of aromatic nitrogens is 7. The summed E-state index contributed by atoms with van der Waals surface area (Å²) in [7, 11) is 0. The highest BCUT2D eigenvalue weighted by atomic mass is 19.4. The van der Waals surface area contributed by atoms with Gasteiger partial charge in [-0.2, -0.15) is 28.2 Å². The molecule has 0 bridgehead atoms. The SMILES string of the molecule is O=c1cc2nc(OCC(F)(F)F)nc(-c3ccccc3-c3ncn[nH]3)c2cn1-c1ccc2ncccc2c1. The normalized spacial score (nSPS) is 11.8. The number of fused-ring (bicyclic) bond motifs is 2. The summed E-state index contributed by atoms with van der Waals surface area (Å²) in [5.41, 5.74) is 2.42. The van der Waals surface area contributed by atoms with Gasteiger partial charge in [-0.3, -0.25) is 19.4 Å². The van der Waals surface area contributed by atoms with Crippen LogP contribution in [0.1, 0.15) is 0 Å². The zero-order chi connectivity index (χ0) is 26.3. The minimum atomic E-state index is -4.59. The average molecular weight is 515 g/mol. The van der Waals surface area contributed by atoms with Crippen molar-refractivity contribution in [2.75, 3.05) is 6.61 Å². The second kappa shape index (κ2) is 9.07. The third-order valence-corrected chi connectivity index (χ3v) is 5.79. The van der Waals surface area contributed by atoms with Crippen LogP contribution in [0.15, 0.2) is 84.2 Å². The molecule has 4 heterocycles. The van der Waals surface area contributed by atoms with Gasteiger partial charge in [-0.05, 0) is 24.3 Å². The highest BCUT2D eigenvalue weighted by Crippen LogP contribution is 2.34. The number of ether oxygens (including phenoxy) is 1. The molecule has 0 atom stereocenters. The second-order valence-corrected chi connectivity index (χ2v) is 8.30. The first kappa shape index (κ1) is 23.3. The Morgan fingerprint density at radius 3 is 2.55 bits per heavy atom. The summed E-state index contributed by atoms with van der Waals surface area (Å²) in [6, 6.07) is 16.8. The van der Waals surface area contributed by atoms with Crippen LogP contribution in [0.25, 0.3) is 50.1 Å². The fourth-order valence-electron chi connectivity index (χ4n) is 4.14. The van der Waals surface area contributed by atoms with Crippen LogP contribution in [0.4, 0.5) is 13.2 Å². The van der Waals surface area contributed by atoms with E-state index in [0.29, 0.717) is 28.0 Å². The number of nitrogens with zero attached hydrogens (tertiary/aromatic N) is 6. The minimum Gasteiger partial charge on any atom is -0.454 e. The third-order valence-electron chi connectivity index (χ3n) is 5.79. The number of hydrogen-bond donors (Lipinski definition) is 1. The van der Waals surface area contributed by atoms with E-state index in [-0.39, 0.29) is 11.2 Å². The Hall–Kier alpha value is -5.13. The predicted molar refractivity (Wildman–Crippen MR) is 133 cm³/mol. The summed E-state index contributed by atoms with van der Waals surface area (Å²) in [5.74, 6) is 0.431. The monoisotopic (exact) mass is 515 g/mol. The maximum atomic E-state index is 13.1. The summed E-state index contributed by atoms with van der Waals surface area (Å²) in [4.78, 5) is 30.1. The predicted octanol–water partition coefficient (Wildman–Crippen LogP) is 4.72. The zero-order valence-electron chi connectivity index (χ0n) is 19.3. The van der Waals surface area contributed by atoms with E-state index < -0.39 is 24.4 Å². The third kappa shape index (κ3) is 4.43. The smallest absolute Gasteiger partial charge is 0.422 e. The number of pyridine rings is 2. The first-order valence-electron chi connectivity index (χ1n) is 11.3. The molecule has 38 heavy (non-hydrogen) atoms. The van der Waals surface area contributed by atoms with E-state index in [9.17, 15) is 18.0 Å². The molecule has 12 heteroatoms. The molecular weight excluding hydrogens is 499 g/mol. The largest absolute Gasteiger partial charge is 0.454 e. The molecule has 0 radical (unpaired) electrons. The van der Waals surface area contributed by atoms with Gasteiger partial charge in [0.25, 0.3) is 5.56 Å². The molecular formula is C26H16F3N7O2. The quantitative estimate of drug-likeness (QED) is 0.354. The fourth-order valence-corrected chi connectivity index (χ4v) is 4.14. The van der Waals surface area contributed by atoms with E-state index in [0.717, 1.165) is 10.9 Å². The molecule has 0 amide bonds. The van der Waals surface area contributed by atoms with Crippen molar-refractivity contribution in [1.82, 2.24) is 34.7 Å². The number of aromatic amines is 1. The van der Waals surface area contributed by atoms with Gasteiger partial charge in [-0.1, -0.05) is 30.3 Å². The van der Waals surface area contributed by atoms with E-state index >= 15 is 0 Å². The lowest BCUT2D eigenvalue weighted by Gasteiger charge is -2.14. The van der Waals surface area contributed by atoms with Crippen LogP contribution in [0, 0.1) is 0 Å². The second-order valence-electron chi connectivity index (χ2n) is 8.30. The zero-order valence-corrected chi connectivity index (χ0v) is 19.3. The van der Waals surface area contributed by atoms with Crippen molar-refractivity contribution >= 4 is 21.8 Å². The van der Waals surface area contributed by atoms with E-state index in [1.807, 2.05) is 12.1 Å². The van der Waals surface area contributed by atoms with Gasteiger partial charge in [0.05, 0.1) is 16.7 Å². The standard InChI is InChI=1S/C26H16F3N7O2/c27-26(28,29)13-38-25-33-21-11-22(37)36(16-7-8-20-15(10-16)4-3-9-30-20)12-19(21)23(34-25)17-5-1-2-6-18(17)24-31-14-32-35-24/h1-12,14H,13H2,(H,31,32,35). The summed E-state index contributed by atoms with van der Waals surface area (Å²) in [6.07, 6.45) is -0.00757. The van der Waals surface area contributed by atoms with Crippen molar-refractivity contribution in [3.05, 3.63) is 89.7 Å². The van der Waals surface area contributed by atoms with Crippen LogP contribution in [0.5, 0.6) is 6.01 Å². The van der Waals surface area contributed by atoms with Crippen LogP contribution in [-0.4, -0.2) is 47.5 Å². The summed E-state index contributed by atoms with van der Waals surface area (Å²) in [5, 5.41) is 7.93. The van der Waals surface area contributed by atoms with Crippen LogP contribution < -0.4 is 10.3 Å².